The molecule has 542 valence electrons. The van der Waals surface area contributed by atoms with Gasteiger partial charge in [0.1, 0.15) is 56.4 Å². The highest BCUT2D eigenvalue weighted by atomic mass is 79.9. The van der Waals surface area contributed by atoms with Gasteiger partial charge in [0.15, 0.2) is 54.2 Å². The molecule has 9 aromatic rings. The second kappa shape index (κ2) is 35.8. The van der Waals surface area contributed by atoms with Gasteiger partial charge in [-0.05, 0) is 109 Å². The van der Waals surface area contributed by atoms with Crippen molar-refractivity contribution in [3.05, 3.63) is 323 Å². The number of carbonyl (C=O) groups is 9. The highest BCUT2D eigenvalue weighted by Crippen LogP contribution is 2.40. The lowest BCUT2D eigenvalue weighted by atomic mass is 9.95. The zero-order valence-corrected chi connectivity index (χ0v) is 57.6. The van der Waals surface area contributed by atoms with Crippen LogP contribution in [-0.2, 0) is 66.3 Å². The minimum Gasteiger partial charge on any atom is -0.459 e. The Kier molecular flexibility index (Phi) is 25.0. The standard InChI is InChI=1S/C81H67BrO24/c82-70-65(100-75(88)53-36-18-5-19-37-53)61(83)62(58(96-70)46-93-71(84)49-28-10-1-11-29-49)105-80-69(104-79(92)57-44-26-9-27-45-57)67(102-77(90)55-40-22-7-23-41-55)64(60(98-80)48-95-73(86)51-32-14-3-15-33-51)106-81-68(103-78(91)56-42-24-8-25-43-56)66(101-76(89)54-38-20-6-21-39-54)63(99-74(87)52-34-16-4-17-35-52)59(97-81)47-94-72(85)50-30-12-2-13-31-50/h1-45,58-70,80-81,83H,46-48H2/t58-,59-,60-,61+,62-,63-,64-,65-,66+,67+,68-,69-,70+,80-,81-/m1/s1. The maximum atomic E-state index is 15.2. The van der Waals surface area contributed by atoms with Crippen LogP contribution < -0.4 is 0 Å². The molecule has 25 heteroatoms. The first-order valence-electron chi connectivity index (χ1n) is 33.5. The molecule has 0 unspecified atom stereocenters. The van der Waals surface area contributed by atoms with Crippen LogP contribution in [0.4, 0.5) is 0 Å². The number of hydrogen-bond acceptors (Lipinski definition) is 24. The average molecular weight is 1500 g/mol. The van der Waals surface area contributed by atoms with E-state index in [0.717, 1.165) is 0 Å². The molecule has 0 saturated carbocycles. The van der Waals surface area contributed by atoms with E-state index in [1.165, 1.54) is 146 Å². The number of aliphatic hydroxyl groups is 1. The summed E-state index contributed by atoms with van der Waals surface area (Å²) < 4.78 is 90.3. The van der Waals surface area contributed by atoms with Gasteiger partial charge in [-0.1, -0.05) is 180 Å². The monoisotopic (exact) mass is 1500 g/mol. The third kappa shape index (κ3) is 18.7. The van der Waals surface area contributed by atoms with Crippen LogP contribution in [0.15, 0.2) is 273 Å². The second-order valence-corrected chi connectivity index (χ2v) is 25.0. The first kappa shape index (κ1) is 74.2. The predicted octanol–water partition coefficient (Wildman–Crippen LogP) is 10.6. The van der Waals surface area contributed by atoms with Crippen molar-refractivity contribution in [2.24, 2.45) is 0 Å². The van der Waals surface area contributed by atoms with E-state index in [4.69, 9.17) is 66.3 Å². The van der Waals surface area contributed by atoms with Gasteiger partial charge in [-0.2, -0.15) is 0 Å². The Morgan fingerprint density at radius 3 is 0.745 bits per heavy atom. The van der Waals surface area contributed by atoms with Crippen LogP contribution in [0.5, 0.6) is 0 Å². The molecule has 1 N–H and O–H groups in total. The summed E-state index contributed by atoms with van der Waals surface area (Å²) in [6.07, 6.45) is -27.9. The van der Waals surface area contributed by atoms with Crippen molar-refractivity contribution < 1.29 is 115 Å². The molecule has 0 spiro atoms. The molecule has 3 saturated heterocycles. The summed E-state index contributed by atoms with van der Waals surface area (Å²) in [5.74, 6) is -9.10. The van der Waals surface area contributed by atoms with E-state index in [0.29, 0.717) is 0 Å². The van der Waals surface area contributed by atoms with Gasteiger partial charge in [0.05, 0.1) is 50.1 Å². The van der Waals surface area contributed by atoms with Crippen LogP contribution in [0.25, 0.3) is 0 Å². The first-order chi connectivity index (χ1) is 51.6. The van der Waals surface area contributed by atoms with E-state index in [1.807, 2.05) is 0 Å². The minimum absolute atomic E-state index is 0.0161. The molecule has 0 radical (unpaired) electrons. The van der Waals surface area contributed by atoms with Crippen molar-refractivity contribution in [1.29, 1.82) is 0 Å². The lowest BCUT2D eigenvalue weighted by Gasteiger charge is -2.50. The first-order valence-corrected chi connectivity index (χ1v) is 34.4. The molecule has 106 heavy (non-hydrogen) atoms. The number of carbonyl (C=O) groups excluding carboxylic acids is 9. The topological polar surface area (TPSA) is 303 Å². The van der Waals surface area contributed by atoms with E-state index in [9.17, 15) is 38.7 Å². The summed E-state index contributed by atoms with van der Waals surface area (Å²) in [5, 5.41) is 11.5. The predicted molar refractivity (Wildman–Crippen MR) is 375 cm³/mol. The van der Waals surface area contributed by atoms with Crippen LogP contribution in [0.2, 0.25) is 0 Å². The van der Waals surface area contributed by atoms with Crippen molar-refractivity contribution in [2.75, 3.05) is 19.8 Å². The van der Waals surface area contributed by atoms with Crippen molar-refractivity contribution >= 4 is 69.7 Å². The number of ether oxygens (including phenoxy) is 14. The van der Waals surface area contributed by atoms with Crippen LogP contribution in [-0.4, -0.2) is 169 Å². The number of halogens is 1. The molecule has 15 atom stereocenters. The van der Waals surface area contributed by atoms with Gasteiger partial charge >= 0.3 is 53.7 Å². The zero-order valence-electron chi connectivity index (χ0n) is 56.0. The molecule has 3 heterocycles. The molecular formula is C81H67BrO24. The summed E-state index contributed by atoms with van der Waals surface area (Å²) >= 11 is 3.41. The fraction of sp³-hybridized carbons (Fsp3) is 0.222. The Hall–Kier alpha value is -11.6. The van der Waals surface area contributed by atoms with E-state index in [-0.39, 0.29) is 50.1 Å². The summed E-state index contributed by atoms with van der Waals surface area (Å²) in [7, 11) is 0. The number of aliphatic hydroxyl groups excluding tert-OH is 1. The average Bonchev–Trinajstić information content (AvgIpc) is 0.759. The highest BCUT2D eigenvalue weighted by molar-refractivity contribution is 9.09. The molecule has 0 bridgehead atoms. The van der Waals surface area contributed by atoms with Crippen LogP contribution >= 0.6 is 15.9 Å². The normalized spacial score (nSPS) is 23.9. The fourth-order valence-corrected chi connectivity index (χ4v) is 12.4. The quantitative estimate of drug-likeness (QED) is 0.0316. The van der Waals surface area contributed by atoms with Gasteiger partial charge in [-0.15, -0.1) is 0 Å². The molecule has 9 aromatic carbocycles. The van der Waals surface area contributed by atoms with E-state index < -0.39 is 164 Å². The van der Waals surface area contributed by atoms with Gasteiger partial charge in [-0.25, -0.2) is 43.2 Å². The van der Waals surface area contributed by atoms with Crippen LogP contribution in [0.1, 0.15) is 93.2 Å². The summed E-state index contributed by atoms with van der Waals surface area (Å²) in [6.45, 7) is -2.47. The molecule has 3 fully saturated rings. The van der Waals surface area contributed by atoms with Crippen LogP contribution in [0, 0.1) is 0 Å². The number of hydrogen-bond donors (Lipinski definition) is 1. The van der Waals surface area contributed by atoms with Gasteiger partial charge < -0.3 is 71.4 Å². The Morgan fingerprint density at radius 1 is 0.255 bits per heavy atom. The molecule has 0 aromatic heterocycles. The third-order valence-electron chi connectivity index (χ3n) is 17.0. The Morgan fingerprint density at radius 2 is 0.462 bits per heavy atom. The Bertz CT molecular complexity index is 4440. The molecule has 12 rings (SSSR count). The molecule has 3 aliphatic rings. The van der Waals surface area contributed by atoms with E-state index >= 15 is 9.59 Å². The van der Waals surface area contributed by atoms with E-state index in [2.05, 4.69) is 15.9 Å². The van der Waals surface area contributed by atoms with Crippen molar-refractivity contribution in [2.45, 2.75) is 90.8 Å². The van der Waals surface area contributed by atoms with Crippen molar-refractivity contribution in [3.63, 3.8) is 0 Å². The molecule has 0 aliphatic carbocycles. The minimum atomic E-state index is -2.25. The lowest BCUT2D eigenvalue weighted by Crippen LogP contribution is -2.68. The zero-order chi connectivity index (χ0) is 73.9. The van der Waals surface area contributed by atoms with E-state index in [1.54, 1.807) is 127 Å². The van der Waals surface area contributed by atoms with Gasteiger partial charge in [0.2, 0.25) is 0 Å². The van der Waals surface area contributed by atoms with Gasteiger partial charge in [-0.3, -0.25) is 0 Å². The molecule has 3 aliphatic heterocycles. The third-order valence-corrected chi connectivity index (χ3v) is 17.8. The fourth-order valence-electron chi connectivity index (χ4n) is 11.7. The van der Waals surface area contributed by atoms with Crippen molar-refractivity contribution in [3.8, 4) is 0 Å². The largest absolute Gasteiger partial charge is 0.459 e. The van der Waals surface area contributed by atoms with Crippen LogP contribution in [0.3, 0.4) is 0 Å². The molecule has 24 nitrogen and oxygen atoms in total. The highest BCUT2D eigenvalue weighted by Gasteiger charge is 2.60. The lowest BCUT2D eigenvalue weighted by molar-refractivity contribution is -0.368. The summed E-state index contributed by atoms with van der Waals surface area (Å²) in [5.41, 5.74) is -0.0678. The summed E-state index contributed by atoms with van der Waals surface area (Å²) in [4.78, 5) is 131. The SMILES string of the molecule is O=C(OC[C@H]1O[C@H](Br)[C@H](OC(=O)c2ccccc2)[C@@H](O)[C@@H]1O[C@H]1O[C@H](COC(=O)c2ccccc2)[C@@H](O[C@H]2O[C@H](COC(=O)c3ccccc3)[C@@H](OC(=O)c3ccccc3)[C@H](OC(=O)c3ccccc3)[C@H]2OC(=O)c2ccccc2)[C@H](OC(=O)c2ccccc2)[C@H]1OC(=O)c1ccccc1)c1ccccc1. The van der Waals surface area contributed by atoms with Gasteiger partial charge in [0, 0.05) is 0 Å². The number of benzene rings is 9. The maximum absolute atomic E-state index is 15.2. The number of rotatable bonds is 25. The number of alkyl halides is 1. The second-order valence-electron chi connectivity index (χ2n) is 24.1. The smallest absolute Gasteiger partial charge is 0.338 e. The maximum Gasteiger partial charge on any atom is 0.338 e. The molecular weight excluding hydrogens is 1440 g/mol. The Labute approximate surface area is 614 Å². The van der Waals surface area contributed by atoms with Gasteiger partial charge in [0.25, 0.3) is 0 Å². The molecule has 0 amide bonds. The van der Waals surface area contributed by atoms with Crippen molar-refractivity contribution in [1.82, 2.24) is 0 Å². The Balaban J connectivity index is 1.02. The number of esters is 9. The summed E-state index contributed by atoms with van der Waals surface area (Å²) in [6, 6.07) is 68.7.